The van der Waals surface area contributed by atoms with E-state index in [4.69, 9.17) is 11.6 Å². The van der Waals surface area contributed by atoms with E-state index in [0.717, 1.165) is 11.6 Å². The molecule has 0 aliphatic rings. The van der Waals surface area contributed by atoms with Crippen molar-refractivity contribution in [1.29, 1.82) is 0 Å². The molecule has 0 unspecified atom stereocenters. The summed E-state index contributed by atoms with van der Waals surface area (Å²) in [5, 5.41) is 10.5. The minimum Gasteiger partial charge on any atom is -0.338 e. The lowest BCUT2D eigenvalue weighted by molar-refractivity contribution is -0.137. The van der Waals surface area contributed by atoms with Crippen LogP contribution in [-0.2, 0) is 6.18 Å². The lowest BCUT2D eigenvalue weighted by Crippen LogP contribution is -2.05. The number of rotatable bonds is 4. The molecule has 0 bridgehead atoms. The third-order valence-corrected chi connectivity index (χ3v) is 5.10. The molecule has 0 spiro atoms. The number of benzene rings is 2. The summed E-state index contributed by atoms with van der Waals surface area (Å²) in [5.74, 6) is 0.772. The Morgan fingerprint density at radius 1 is 0.939 bits per heavy atom. The topological polar surface area (TPSA) is 92.3 Å². The van der Waals surface area contributed by atoms with Crippen LogP contribution in [0.3, 0.4) is 0 Å². The zero-order valence-corrected chi connectivity index (χ0v) is 17.4. The number of halogens is 4. The van der Waals surface area contributed by atoms with E-state index in [1.807, 2.05) is 6.07 Å². The number of anilines is 2. The first-order chi connectivity index (χ1) is 15.9. The van der Waals surface area contributed by atoms with Crippen molar-refractivity contribution in [3.63, 3.8) is 0 Å². The highest BCUT2D eigenvalue weighted by Gasteiger charge is 2.33. The van der Waals surface area contributed by atoms with Crippen LogP contribution in [-0.4, -0.2) is 30.1 Å². The molecule has 164 valence electrons. The maximum Gasteiger partial charge on any atom is 0.417 e. The quantitative estimate of drug-likeness (QED) is 0.342. The van der Waals surface area contributed by atoms with E-state index in [1.54, 1.807) is 48.9 Å². The Morgan fingerprint density at radius 3 is 2.48 bits per heavy atom. The normalized spacial score (nSPS) is 11.6. The minimum atomic E-state index is -4.55. The predicted molar refractivity (Wildman–Crippen MR) is 118 cm³/mol. The number of hydrogen-bond acceptors (Lipinski definition) is 6. The predicted octanol–water partition coefficient (Wildman–Crippen LogP) is 5.89. The van der Waals surface area contributed by atoms with Crippen molar-refractivity contribution in [2.24, 2.45) is 0 Å². The maximum atomic E-state index is 13.1. The van der Waals surface area contributed by atoms with Crippen LogP contribution in [0.4, 0.5) is 24.8 Å². The SMILES string of the molecule is FC(F)(F)c1cc2[nH]c(-c3cccc(Nc4ncc(-c5cccnn5)cn4)c3)nc2cc1Cl. The second kappa shape index (κ2) is 8.14. The fraction of sp³-hybridized carbons (Fsp3) is 0.0455. The number of nitrogens with one attached hydrogen (secondary N) is 2. The van der Waals surface area contributed by atoms with Crippen LogP contribution in [0.2, 0.25) is 5.02 Å². The average Bonchev–Trinajstić information content (AvgIpc) is 3.22. The highest BCUT2D eigenvalue weighted by Crippen LogP contribution is 2.37. The van der Waals surface area contributed by atoms with Gasteiger partial charge < -0.3 is 10.3 Å². The molecule has 5 aromatic rings. The van der Waals surface area contributed by atoms with E-state index >= 15 is 0 Å². The molecule has 0 amide bonds. The maximum absolute atomic E-state index is 13.1. The average molecular weight is 468 g/mol. The molecule has 0 radical (unpaired) electrons. The Bertz CT molecular complexity index is 1430. The van der Waals surface area contributed by atoms with E-state index in [2.05, 4.69) is 35.5 Å². The van der Waals surface area contributed by atoms with Crippen LogP contribution in [0.5, 0.6) is 0 Å². The largest absolute Gasteiger partial charge is 0.417 e. The fourth-order valence-electron chi connectivity index (χ4n) is 3.24. The van der Waals surface area contributed by atoms with E-state index in [0.29, 0.717) is 34.2 Å². The summed E-state index contributed by atoms with van der Waals surface area (Å²) in [4.78, 5) is 15.9. The van der Waals surface area contributed by atoms with Crippen molar-refractivity contribution in [1.82, 2.24) is 30.1 Å². The first-order valence-corrected chi connectivity index (χ1v) is 9.99. The van der Waals surface area contributed by atoms with Crippen LogP contribution < -0.4 is 5.32 Å². The summed E-state index contributed by atoms with van der Waals surface area (Å²) in [6.45, 7) is 0. The van der Waals surface area contributed by atoms with Gasteiger partial charge in [0.25, 0.3) is 0 Å². The third-order valence-electron chi connectivity index (χ3n) is 4.79. The van der Waals surface area contributed by atoms with E-state index in [1.165, 1.54) is 6.07 Å². The van der Waals surface area contributed by atoms with E-state index < -0.39 is 16.8 Å². The molecule has 0 aliphatic heterocycles. The molecule has 2 aromatic carbocycles. The van der Waals surface area contributed by atoms with Crippen molar-refractivity contribution < 1.29 is 13.2 Å². The van der Waals surface area contributed by atoms with Crippen LogP contribution >= 0.6 is 11.6 Å². The molecule has 11 heteroatoms. The van der Waals surface area contributed by atoms with Crippen LogP contribution in [0.25, 0.3) is 33.7 Å². The van der Waals surface area contributed by atoms with Gasteiger partial charge in [0.15, 0.2) is 0 Å². The van der Waals surface area contributed by atoms with Crippen molar-refractivity contribution in [3.05, 3.63) is 77.7 Å². The van der Waals surface area contributed by atoms with Gasteiger partial charge in [0, 0.05) is 35.4 Å². The van der Waals surface area contributed by atoms with Crippen molar-refractivity contribution in [3.8, 4) is 22.6 Å². The third kappa shape index (κ3) is 4.33. The molecule has 0 atom stereocenters. The molecule has 0 fully saturated rings. The second-order valence-corrected chi connectivity index (χ2v) is 7.45. The molecule has 0 saturated heterocycles. The number of aromatic nitrogens is 6. The smallest absolute Gasteiger partial charge is 0.338 e. The molecular weight excluding hydrogens is 455 g/mol. The summed E-state index contributed by atoms with van der Waals surface area (Å²) in [7, 11) is 0. The minimum absolute atomic E-state index is 0.239. The Labute approximate surface area is 189 Å². The van der Waals surface area contributed by atoms with Crippen LogP contribution in [0.1, 0.15) is 5.56 Å². The Balaban J connectivity index is 1.41. The zero-order chi connectivity index (χ0) is 23.0. The highest BCUT2D eigenvalue weighted by molar-refractivity contribution is 6.32. The number of alkyl halides is 3. The Hall–Kier alpha value is -4.05. The Kier molecular flexibility index (Phi) is 5.14. The van der Waals surface area contributed by atoms with Gasteiger partial charge in [0.1, 0.15) is 5.82 Å². The molecule has 3 heterocycles. The molecule has 3 aromatic heterocycles. The number of imidazole rings is 1. The molecule has 7 nitrogen and oxygen atoms in total. The van der Waals surface area contributed by atoms with Crippen molar-refractivity contribution in [2.75, 3.05) is 5.32 Å². The Morgan fingerprint density at radius 2 is 1.76 bits per heavy atom. The van der Waals surface area contributed by atoms with Crippen molar-refractivity contribution in [2.45, 2.75) is 6.18 Å². The highest BCUT2D eigenvalue weighted by atomic mass is 35.5. The van der Waals surface area contributed by atoms with Gasteiger partial charge in [-0.2, -0.15) is 23.4 Å². The number of aromatic amines is 1. The molecule has 0 aliphatic carbocycles. The van der Waals surface area contributed by atoms with Gasteiger partial charge in [-0.3, -0.25) is 0 Å². The molecule has 2 N–H and O–H groups in total. The summed E-state index contributed by atoms with van der Waals surface area (Å²) in [5.41, 5.74) is 2.38. The van der Waals surface area contributed by atoms with Crippen LogP contribution in [0, 0.1) is 0 Å². The summed E-state index contributed by atoms with van der Waals surface area (Å²) in [6, 6.07) is 12.9. The molecular formula is C22H13ClF3N7. The van der Waals surface area contributed by atoms with Gasteiger partial charge >= 0.3 is 6.18 Å². The second-order valence-electron chi connectivity index (χ2n) is 7.04. The monoisotopic (exact) mass is 467 g/mol. The summed E-state index contributed by atoms with van der Waals surface area (Å²) >= 11 is 5.80. The zero-order valence-electron chi connectivity index (χ0n) is 16.6. The van der Waals surface area contributed by atoms with E-state index in [-0.39, 0.29) is 5.52 Å². The lowest BCUT2D eigenvalue weighted by Gasteiger charge is -2.08. The van der Waals surface area contributed by atoms with Gasteiger partial charge in [-0.05, 0) is 36.4 Å². The van der Waals surface area contributed by atoms with Crippen LogP contribution in [0.15, 0.2) is 67.1 Å². The van der Waals surface area contributed by atoms with E-state index in [9.17, 15) is 13.2 Å². The molecule has 33 heavy (non-hydrogen) atoms. The number of hydrogen-bond donors (Lipinski definition) is 2. The number of fused-ring (bicyclic) bond motifs is 1. The standard InChI is InChI=1S/C22H13ClF3N7/c23-16-9-19-18(8-15(16)22(24,25)26)31-20(32-19)12-3-1-4-14(7-12)30-21-27-10-13(11-28-21)17-5-2-6-29-33-17/h1-11H,(H,31,32)(H,27,28,30). The summed E-state index contributed by atoms with van der Waals surface area (Å²) in [6.07, 6.45) is 0.289. The number of H-pyrrole nitrogens is 1. The van der Waals surface area contributed by atoms with Gasteiger partial charge in [-0.15, -0.1) is 0 Å². The first-order valence-electron chi connectivity index (χ1n) is 9.61. The van der Waals surface area contributed by atoms with Crippen molar-refractivity contribution >= 4 is 34.3 Å². The number of nitrogens with zero attached hydrogens (tertiary/aromatic N) is 5. The fourth-order valence-corrected chi connectivity index (χ4v) is 3.50. The lowest BCUT2D eigenvalue weighted by atomic mass is 10.2. The molecule has 0 saturated carbocycles. The molecule has 5 rings (SSSR count). The summed E-state index contributed by atoms with van der Waals surface area (Å²) < 4.78 is 39.4. The first kappa shape index (κ1) is 20.8. The van der Waals surface area contributed by atoms with Gasteiger partial charge in [0.05, 0.1) is 27.3 Å². The van der Waals surface area contributed by atoms with Gasteiger partial charge in [-0.1, -0.05) is 23.7 Å². The van der Waals surface area contributed by atoms with Gasteiger partial charge in [0.2, 0.25) is 5.95 Å². The van der Waals surface area contributed by atoms with Gasteiger partial charge in [-0.25, -0.2) is 15.0 Å².